The molecule has 15 heavy (non-hydrogen) atoms. The number of nitro groups is 1. The van der Waals surface area contributed by atoms with Crippen molar-refractivity contribution < 1.29 is 4.92 Å². The molecule has 0 aromatic heterocycles. The first-order chi connectivity index (χ1) is 7.10. The molecule has 0 bridgehead atoms. The SMILES string of the molecule is C#CC1(c2c(Cl)cccc2[N+](=O)[O-])CC1. The van der Waals surface area contributed by atoms with Crippen molar-refractivity contribution in [3.63, 3.8) is 0 Å². The van der Waals surface area contributed by atoms with Gasteiger partial charge in [0.2, 0.25) is 0 Å². The maximum atomic E-state index is 10.8. The van der Waals surface area contributed by atoms with Gasteiger partial charge in [-0.1, -0.05) is 23.6 Å². The van der Waals surface area contributed by atoms with Gasteiger partial charge in [-0.3, -0.25) is 10.1 Å². The van der Waals surface area contributed by atoms with Gasteiger partial charge in [-0.05, 0) is 18.9 Å². The Morgan fingerprint density at radius 1 is 1.53 bits per heavy atom. The molecule has 4 heteroatoms. The molecular weight excluding hydrogens is 214 g/mol. The molecule has 0 aliphatic heterocycles. The molecule has 0 saturated heterocycles. The first-order valence-electron chi connectivity index (χ1n) is 4.52. The summed E-state index contributed by atoms with van der Waals surface area (Å²) in [4.78, 5) is 10.4. The third-order valence-electron chi connectivity index (χ3n) is 2.69. The molecule has 1 saturated carbocycles. The molecule has 0 heterocycles. The van der Waals surface area contributed by atoms with E-state index in [0.717, 1.165) is 12.8 Å². The van der Waals surface area contributed by atoms with E-state index in [1.807, 2.05) is 0 Å². The average Bonchev–Trinajstić information content (AvgIpc) is 2.98. The van der Waals surface area contributed by atoms with Crippen LogP contribution in [0.25, 0.3) is 0 Å². The summed E-state index contributed by atoms with van der Waals surface area (Å²) in [6, 6.07) is 4.65. The van der Waals surface area contributed by atoms with E-state index in [-0.39, 0.29) is 5.69 Å². The van der Waals surface area contributed by atoms with Crippen LogP contribution in [0.2, 0.25) is 5.02 Å². The summed E-state index contributed by atoms with van der Waals surface area (Å²) in [7, 11) is 0. The lowest BCUT2D eigenvalue weighted by atomic mass is 9.95. The molecule has 76 valence electrons. The molecule has 2 rings (SSSR count). The Labute approximate surface area is 92.2 Å². The van der Waals surface area contributed by atoms with Gasteiger partial charge in [0.05, 0.1) is 20.9 Å². The second-order valence-corrected chi connectivity index (χ2v) is 4.02. The highest BCUT2D eigenvalue weighted by atomic mass is 35.5. The van der Waals surface area contributed by atoms with E-state index >= 15 is 0 Å². The van der Waals surface area contributed by atoms with Crippen LogP contribution in [0.5, 0.6) is 0 Å². The third-order valence-corrected chi connectivity index (χ3v) is 3.01. The monoisotopic (exact) mass is 221 g/mol. The summed E-state index contributed by atoms with van der Waals surface area (Å²) in [5.41, 5.74) is 0.0258. The zero-order chi connectivity index (χ0) is 11.1. The molecule has 1 aliphatic rings. The Morgan fingerprint density at radius 2 is 2.20 bits per heavy atom. The zero-order valence-corrected chi connectivity index (χ0v) is 8.62. The van der Waals surface area contributed by atoms with Crippen LogP contribution in [0.3, 0.4) is 0 Å². The van der Waals surface area contributed by atoms with Crippen LogP contribution in [-0.2, 0) is 5.41 Å². The van der Waals surface area contributed by atoms with E-state index in [1.165, 1.54) is 6.07 Å². The van der Waals surface area contributed by atoms with Crippen molar-refractivity contribution in [2.24, 2.45) is 0 Å². The number of hydrogen-bond donors (Lipinski definition) is 0. The highest BCUT2D eigenvalue weighted by Crippen LogP contribution is 2.52. The van der Waals surface area contributed by atoms with Crippen LogP contribution >= 0.6 is 11.6 Å². The number of halogens is 1. The predicted octanol–water partition coefficient (Wildman–Crippen LogP) is 2.91. The topological polar surface area (TPSA) is 43.1 Å². The molecule has 0 amide bonds. The second-order valence-electron chi connectivity index (χ2n) is 3.62. The highest BCUT2D eigenvalue weighted by Gasteiger charge is 2.48. The van der Waals surface area contributed by atoms with Crippen molar-refractivity contribution >= 4 is 17.3 Å². The average molecular weight is 222 g/mol. The quantitative estimate of drug-likeness (QED) is 0.438. The Bertz CT molecular complexity index is 472. The van der Waals surface area contributed by atoms with Gasteiger partial charge < -0.3 is 0 Å². The van der Waals surface area contributed by atoms with Gasteiger partial charge in [0.25, 0.3) is 5.69 Å². The Balaban J connectivity index is 2.64. The van der Waals surface area contributed by atoms with Crippen LogP contribution in [-0.4, -0.2) is 4.92 Å². The molecule has 0 unspecified atom stereocenters. The molecule has 0 atom stereocenters. The predicted molar refractivity (Wildman–Crippen MR) is 57.9 cm³/mol. The molecular formula is C11H8ClNO2. The van der Waals surface area contributed by atoms with E-state index in [1.54, 1.807) is 12.1 Å². The van der Waals surface area contributed by atoms with Crippen LogP contribution in [0.1, 0.15) is 18.4 Å². The van der Waals surface area contributed by atoms with Crippen molar-refractivity contribution in [1.82, 2.24) is 0 Å². The van der Waals surface area contributed by atoms with Gasteiger partial charge in [0.1, 0.15) is 0 Å². The van der Waals surface area contributed by atoms with Gasteiger partial charge >= 0.3 is 0 Å². The number of rotatable bonds is 2. The Kier molecular flexibility index (Phi) is 2.17. The Morgan fingerprint density at radius 3 is 2.67 bits per heavy atom. The van der Waals surface area contributed by atoms with Crippen LogP contribution in [0, 0.1) is 22.5 Å². The number of benzene rings is 1. The summed E-state index contributed by atoms with van der Waals surface area (Å²) in [5, 5.41) is 11.2. The number of nitro benzene ring substituents is 1. The van der Waals surface area contributed by atoms with Crippen molar-refractivity contribution in [1.29, 1.82) is 0 Å². The summed E-state index contributed by atoms with van der Waals surface area (Å²) in [6.07, 6.45) is 6.95. The minimum absolute atomic E-state index is 0.0259. The lowest BCUT2D eigenvalue weighted by molar-refractivity contribution is -0.385. The molecule has 0 radical (unpaired) electrons. The summed E-state index contributed by atoms with van der Waals surface area (Å²) in [6.45, 7) is 0. The van der Waals surface area contributed by atoms with E-state index in [0.29, 0.717) is 10.6 Å². The molecule has 1 fully saturated rings. The minimum atomic E-state index is -0.499. The van der Waals surface area contributed by atoms with Gasteiger partial charge in [-0.2, -0.15) is 0 Å². The van der Waals surface area contributed by atoms with Gasteiger partial charge in [-0.25, -0.2) is 0 Å². The lowest BCUT2D eigenvalue weighted by Gasteiger charge is -2.10. The lowest BCUT2D eigenvalue weighted by Crippen LogP contribution is -2.07. The van der Waals surface area contributed by atoms with E-state index in [4.69, 9.17) is 18.0 Å². The number of terminal acetylenes is 1. The van der Waals surface area contributed by atoms with E-state index in [9.17, 15) is 10.1 Å². The van der Waals surface area contributed by atoms with Crippen molar-refractivity contribution in [3.8, 4) is 12.3 Å². The standard InChI is InChI=1S/C11H8ClNO2/c1-2-11(6-7-11)10-8(12)4-3-5-9(10)13(14)15/h1,3-5H,6-7H2. The second kappa shape index (κ2) is 3.25. The molecule has 1 aromatic carbocycles. The molecule has 1 aliphatic carbocycles. The first-order valence-corrected chi connectivity index (χ1v) is 4.90. The van der Waals surface area contributed by atoms with Crippen molar-refractivity contribution in [2.75, 3.05) is 0 Å². The summed E-state index contributed by atoms with van der Waals surface area (Å²) >= 11 is 5.98. The largest absolute Gasteiger partial charge is 0.275 e. The van der Waals surface area contributed by atoms with Gasteiger partial charge in [0, 0.05) is 6.07 Å². The maximum absolute atomic E-state index is 10.8. The Hall–Kier alpha value is -1.53. The van der Waals surface area contributed by atoms with Gasteiger partial charge in [-0.15, -0.1) is 6.42 Å². The van der Waals surface area contributed by atoms with Crippen LogP contribution in [0.15, 0.2) is 18.2 Å². The highest BCUT2D eigenvalue weighted by molar-refractivity contribution is 6.32. The normalized spacial score (nSPS) is 16.8. The molecule has 0 spiro atoms. The van der Waals surface area contributed by atoms with Crippen molar-refractivity contribution in [2.45, 2.75) is 18.3 Å². The fraction of sp³-hybridized carbons (Fsp3) is 0.273. The fourth-order valence-corrected chi connectivity index (χ4v) is 2.08. The molecule has 0 N–H and O–H groups in total. The molecule has 1 aromatic rings. The van der Waals surface area contributed by atoms with Crippen LogP contribution < -0.4 is 0 Å². The van der Waals surface area contributed by atoms with Crippen molar-refractivity contribution in [3.05, 3.63) is 38.9 Å². The minimum Gasteiger partial charge on any atom is -0.258 e. The third kappa shape index (κ3) is 1.47. The molecule has 3 nitrogen and oxygen atoms in total. The van der Waals surface area contributed by atoms with Gasteiger partial charge in [0.15, 0.2) is 0 Å². The number of hydrogen-bond acceptors (Lipinski definition) is 2. The maximum Gasteiger partial charge on any atom is 0.275 e. The summed E-state index contributed by atoms with van der Waals surface area (Å²) < 4.78 is 0. The fourth-order valence-electron chi connectivity index (χ4n) is 1.73. The van der Waals surface area contributed by atoms with E-state index in [2.05, 4.69) is 5.92 Å². The smallest absolute Gasteiger partial charge is 0.258 e. The zero-order valence-electron chi connectivity index (χ0n) is 7.87. The summed E-state index contributed by atoms with van der Waals surface area (Å²) in [5.74, 6) is 2.62. The first kappa shape index (κ1) is 10.0. The number of nitrogens with zero attached hydrogens (tertiary/aromatic N) is 1. The van der Waals surface area contributed by atoms with Crippen LogP contribution in [0.4, 0.5) is 5.69 Å². The van der Waals surface area contributed by atoms with E-state index < -0.39 is 10.3 Å².